The van der Waals surface area contributed by atoms with Crippen LogP contribution in [0.25, 0.3) is 0 Å². The molecule has 0 saturated heterocycles. The number of halogens is 2. The van der Waals surface area contributed by atoms with Crippen LogP contribution in [-0.4, -0.2) is 13.1 Å². The Kier molecular flexibility index (Phi) is 3.64. The molecule has 0 heterocycles. The van der Waals surface area contributed by atoms with Gasteiger partial charge in [0.25, 0.3) is 0 Å². The van der Waals surface area contributed by atoms with Crippen LogP contribution < -0.4 is 0 Å². The molecule has 1 aromatic rings. The minimum atomic E-state index is -0.768. The third kappa shape index (κ3) is 2.45. The van der Waals surface area contributed by atoms with Crippen molar-refractivity contribution < 1.29 is 13.9 Å². The van der Waals surface area contributed by atoms with E-state index in [0.717, 1.165) is 0 Å². The van der Waals surface area contributed by atoms with E-state index in [1.54, 1.807) is 6.07 Å². The summed E-state index contributed by atoms with van der Waals surface area (Å²) in [5.74, 6) is -1.34. The second-order valence-electron chi connectivity index (χ2n) is 2.76. The molecule has 0 aliphatic rings. The first kappa shape index (κ1) is 11.5. The molecule has 0 spiro atoms. The van der Waals surface area contributed by atoms with Crippen molar-refractivity contribution >= 4 is 17.6 Å². The average Bonchev–Trinajstić information content (AvgIpc) is 2.23. The zero-order valence-electron chi connectivity index (χ0n) is 7.88. The summed E-state index contributed by atoms with van der Waals surface area (Å²) in [6, 6.07) is 4.37. The third-order valence-electron chi connectivity index (χ3n) is 1.85. The number of nitriles is 1. The van der Waals surface area contributed by atoms with Crippen LogP contribution in [0.15, 0.2) is 12.1 Å². The Bertz CT molecular complexity index is 440. The van der Waals surface area contributed by atoms with Crippen LogP contribution >= 0.6 is 11.6 Å². The van der Waals surface area contributed by atoms with E-state index in [9.17, 15) is 9.18 Å². The maximum Gasteiger partial charge on any atom is 0.310 e. The van der Waals surface area contributed by atoms with Gasteiger partial charge in [-0.1, -0.05) is 17.7 Å². The highest BCUT2D eigenvalue weighted by atomic mass is 35.5. The molecule has 0 aromatic heterocycles. The van der Waals surface area contributed by atoms with E-state index < -0.39 is 11.8 Å². The predicted octanol–water partition coefficient (Wildman–Crippen LogP) is 2.07. The van der Waals surface area contributed by atoms with E-state index in [1.165, 1.54) is 19.2 Å². The summed E-state index contributed by atoms with van der Waals surface area (Å²) in [6.45, 7) is 0. The largest absolute Gasteiger partial charge is 0.469 e. The summed E-state index contributed by atoms with van der Waals surface area (Å²) in [6.07, 6.45) is -0.214. The highest BCUT2D eigenvalue weighted by molar-refractivity contribution is 6.31. The summed E-state index contributed by atoms with van der Waals surface area (Å²) >= 11 is 5.59. The first-order valence-corrected chi connectivity index (χ1v) is 4.41. The molecule has 15 heavy (non-hydrogen) atoms. The molecule has 78 valence electrons. The number of carbonyl (C=O) groups excluding carboxylic acids is 1. The van der Waals surface area contributed by atoms with Gasteiger partial charge in [-0.05, 0) is 6.07 Å². The van der Waals surface area contributed by atoms with Crippen LogP contribution in [0.1, 0.15) is 11.1 Å². The van der Waals surface area contributed by atoms with Gasteiger partial charge in [0.05, 0.1) is 18.6 Å². The average molecular weight is 228 g/mol. The number of esters is 1. The van der Waals surface area contributed by atoms with Crippen LogP contribution in [-0.2, 0) is 16.0 Å². The van der Waals surface area contributed by atoms with Crippen molar-refractivity contribution in [2.75, 3.05) is 7.11 Å². The summed E-state index contributed by atoms with van der Waals surface area (Å²) in [4.78, 5) is 10.9. The van der Waals surface area contributed by atoms with E-state index in [-0.39, 0.29) is 22.6 Å². The number of hydrogen-bond acceptors (Lipinski definition) is 3. The quantitative estimate of drug-likeness (QED) is 0.727. The van der Waals surface area contributed by atoms with Gasteiger partial charge < -0.3 is 4.74 Å². The molecule has 0 saturated carbocycles. The molecule has 0 unspecified atom stereocenters. The third-order valence-corrected chi connectivity index (χ3v) is 2.16. The second kappa shape index (κ2) is 4.76. The maximum absolute atomic E-state index is 13.5. The molecule has 0 aliphatic heterocycles. The Morgan fingerprint density at radius 1 is 1.67 bits per heavy atom. The Morgan fingerprint density at radius 3 is 2.87 bits per heavy atom. The second-order valence-corrected chi connectivity index (χ2v) is 3.17. The summed E-state index contributed by atoms with van der Waals surface area (Å²) in [7, 11) is 1.21. The van der Waals surface area contributed by atoms with E-state index >= 15 is 0 Å². The Labute approximate surface area is 91.0 Å². The molecular weight excluding hydrogens is 221 g/mol. The van der Waals surface area contributed by atoms with Crippen LogP contribution in [0.4, 0.5) is 4.39 Å². The molecule has 0 bridgehead atoms. The van der Waals surface area contributed by atoms with Gasteiger partial charge in [0.2, 0.25) is 0 Å². The highest BCUT2D eigenvalue weighted by Crippen LogP contribution is 2.21. The molecule has 1 rings (SSSR count). The topological polar surface area (TPSA) is 50.1 Å². The summed E-state index contributed by atoms with van der Waals surface area (Å²) < 4.78 is 17.9. The van der Waals surface area contributed by atoms with Crippen LogP contribution in [0, 0.1) is 17.1 Å². The molecule has 0 radical (unpaired) electrons. The fourth-order valence-electron chi connectivity index (χ4n) is 1.06. The van der Waals surface area contributed by atoms with Crippen molar-refractivity contribution in [3.63, 3.8) is 0 Å². The standard InChI is InChI=1S/C10H7ClFNO2/c1-15-9(14)4-6-2-3-8(11)7(5-13)10(6)12/h2-3H,4H2,1H3. The number of carbonyl (C=O) groups is 1. The van der Waals surface area contributed by atoms with E-state index in [4.69, 9.17) is 16.9 Å². The molecule has 0 atom stereocenters. The summed E-state index contributed by atoms with van der Waals surface area (Å²) in [5, 5.41) is 8.66. The number of rotatable bonds is 2. The SMILES string of the molecule is COC(=O)Cc1ccc(Cl)c(C#N)c1F. The van der Waals surface area contributed by atoms with E-state index in [2.05, 4.69) is 4.74 Å². The number of methoxy groups -OCH3 is 1. The Morgan fingerprint density at radius 2 is 2.33 bits per heavy atom. The zero-order valence-corrected chi connectivity index (χ0v) is 8.64. The fraction of sp³-hybridized carbons (Fsp3) is 0.200. The predicted molar refractivity (Wildman–Crippen MR) is 51.8 cm³/mol. The van der Waals surface area contributed by atoms with Gasteiger partial charge >= 0.3 is 5.97 Å². The van der Waals surface area contributed by atoms with Crippen molar-refractivity contribution in [3.05, 3.63) is 34.1 Å². The minimum absolute atomic E-state index is 0.0311. The lowest BCUT2D eigenvalue weighted by atomic mass is 10.1. The lowest BCUT2D eigenvalue weighted by Gasteiger charge is -2.04. The lowest BCUT2D eigenvalue weighted by molar-refractivity contribution is -0.139. The summed E-state index contributed by atoms with van der Waals surface area (Å²) in [5.41, 5.74) is -0.152. The van der Waals surface area contributed by atoms with Gasteiger partial charge in [-0.3, -0.25) is 4.79 Å². The first-order valence-electron chi connectivity index (χ1n) is 4.04. The molecule has 0 fully saturated rings. The smallest absolute Gasteiger partial charge is 0.310 e. The van der Waals surface area contributed by atoms with Gasteiger partial charge in [-0.2, -0.15) is 5.26 Å². The van der Waals surface area contributed by atoms with Gasteiger partial charge in [-0.25, -0.2) is 4.39 Å². The van der Waals surface area contributed by atoms with Crippen molar-refractivity contribution in [2.45, 2.75) is 6.42 Å². The Balaban J connectivity index is 3.12. The monoisotopic (exact) mass is 227 g/mol. The zero-order chi connectivity index (χ0) is 11.4. The number of hydrogen-bond donors (Lipinski definition) is 0. The number of nitrogens with zero attached hydrogens (tertiary/aromatic N) is 1. The van der Waals surface area contributed by atoms with Crippen LogP contribution in [0.5, 0.6) is 0 Å². The molecule has 0 aliphatic carbocycles. The van der Waals surface area contributed by atoms with Crippen molar-refractivity contribution in [2.24, 2.45) is 0 Å². The Hall–Kier alpha value is -1.60. The van der Waals surface area contributed by atoms with Crippen molar-refractivity contribution in [1.82, 2.24) is 0 Å². The van der Waals surface area contributed by atoms with Crippen LogP contribution in [0.2, 0.25) is 5.02 Å². The number of ether oxygens (including phenoxy) is 1. The molecule has 5 heteroatoms. The minimum Gasteiger partial charge on any atom is -0.469 e. The van der Waals surface area contributed by atoms with E-state index in [1.807, 2.05) is 0 Å². The van der Waals surface area contributed by atoms with Crippen molar-refractivity contribution in [1.29, 1.82) is 5.26 Å². The molecule has 3 nitrogen and oxygen atoms in total. The van der Waals surface area contributed by atoms with Crippen LogP contribution in [0.3, 0.4) is 0 Å². The fourth-order valence-corrected chi connectivity index (χ4v) is 1.25. The van der Waals surface area contributed by atoms with E-state index in [0.29, 0.717) is 0 Å². The van der Waals surface area contributed by atoms with Gasteiger partial charge in [-0.15, -0.1) is 0 Å². The van der Waals surface area contributed by atoms with Gasteiger partial charge in [0.1, 0.15) is 17.4 Å². The molecule has 0 N–H and O–H groups in total. The normalized spacial score (nSPS) is 9.47. The maximum atomic E-state index is 13.5. The number of benzene rings is 1. The lowest BCUT2D eigenvalue weighted by Crippen LogP contribution is -2.07. The van der Waals surface area contributed by atoms with Gasteiger partial charge in [0, 0.05) is 5.56 Å². The first-order chi connectivity index (χ1) is 7.10. The molecular formula is C10H7ClFNO2. The van der Waals surface area contributed by atoms with Gasteiger partial charge in [0.15, 0.2) is 0 Å². The molecule has 0 amide bonds. The molecule has 1 aromatic carbocycles. The van der Waals surface area contributed by atoms with Crippen molar-refractivity contribution in [3.8, 4) is 6.07 Å². The highest BCUT2D eigenvalue weighted by Gasteiger charge is 2.14.